The van der Waals surface area contributed by atoms with E-state index in [4.69, 9.17) is 9.47 Å². The molecule has 0 fully saturated rings. The molecule has 2 aromatic carbocycles. The van der Waals surface area contributed by atoms with E-state index in [1.54, 1.807) is 31.4 Å². The summed E-state index contributed by atoms with van der Waals surface area (Å²) in [6, 6.07) is 13.2. The molecule has 23 heavy (non-hydrogen) atoms. The van der Waals surface area contributed by atoms with Crippen LogP contribution >= 0.6 is 0 Å². The number of amides is 1. The van der Waals surface area contributed by atoms with Crippen LogP contribution in [0, 0.1) is 5.82 Å². The molecular formula is C18H20FNO3. The summed E-state index contributed by atoms with van der Waals surface area (Å²) < 4.78 is 23.8. The largest absolute Gasteiger partial charge is 0.493 e. The molecule has 122 valence electrons. The SMILES string of the molecule is CCC(Oc1ccccc1OC)C(=O)NCc1ccc(F)cc1. The molecule has 0 aliphatic heterocycles. The summed E-state index contributed by atoms with van der Waals surface area (Å²) in [5, 5.41) is 2.80. The van der Waals surface area contributed by atoms with Crippen molar-refractivity contribution in [3.63, 3.8) is 0 Å². The highest BCUT2D eigenvalue weighted by molar-refractivity contribution is 5.81. The van der Waals surface area contributed by atoms with E-state index in [9.17, 15) is 9.18 Å². The van der Waals surface area contributed by atoms with E-state index in [1.165, 1.54) is 12.1 Å². The summed E-state index contributed by atoms with van der Waals surface area (Å²) in [5.41, 5.74) is 0.826. The maximum atomic E-state index is 12.9. The Labute approximate surface area is 135 Å². The smallest absolute Gasteiger partial charge is 0.261 e. The predicted molar refractivity (Wildman–Crippen MR) is 85.9 cm³/mol. The average molecular weight is 317 g/mol. The molecule has 0 heterocycles. The number of benzene rings is 2. The number of para-hydroxylation sites is 2. The molecule has 0 aliphatic rings. The first-order valence-electron chi connectivity index (χ1n) is 7.46. The fourth-order valence-corrected chi connectivity index (χ4v) is 2.10. The number of carbonyl (C=O) groups is 1. The molecule has 0 saturated carbocycles. The average Bonchev–Trinajstić information content (AvgIpc) is 2.59. The Bertz CT molecular complexity index is 643. The lowest BCUT2D eigenvalue weighted by atomic mass is 10.2. The van der Waals surface area contributed by atoms with Gasteiger partial charge in [-0.1, -0.05) is 31.2 Å². The predicted octanol–water partition coefficient (Wildman–Crippen LogP) is 3.31. The number of hydrogen-bond acceptors (Lipinski definition) is 3. The molecule has 0 spiro atoms. The Kier molecular flexibility index (Phi) is 5.97. The lowest BCUT2D eigenvalue weighted by Crippen LogP contribution is -2.37. The first-order chi connectivity index (χ1) is 11.1. The molecule has 2 rings (SSSR count). The van der Waals surface area contributed by atoms with E-state index in [-0.39, 0.29) is 11.7 Å². The highest BCUT2D eigenvalue weighted by Gasteiger charge is 2.19. The number of hydrogen-bond donors (Lipinski definition) is 1. The maximum absolute atomic E-state index is 12.9. The fourth-order valence-electron chi connectivity index (χ4n) is 2.10. The number of rotatable bonds is 7. The number of methoxy groups -OCH3 is 1. The van der Waals surface area contributed by atoms with E-state index in [0.717, 1.165) is 5.56 Å². The Hall–Kier alpha value is -2.56. The minimum absolute atomic E-state index is 0.220. The number of carbonyl (C=O) groups excluding carboxylic acids is 1. The molecular weight excluding hydrogens is 297 g/mol. The van der Waals surface area contributed by atoms with Gasteiger partial charge in [0.05, 0.1) is 7.11 Å². The summed E-state index contributed by atoms with van der Waals surface area (Å²) in [7, 11) is 1.55. The van der Waals surface area contributed by atoms with Gasteiger partial charge in [0, 0.05) is 6.54 Å². The van der Waals surface area contributed by atoms with Gasteiger partial charge >= 0.3 is 0 Å². The minimum Gasteiger partial charge on any atom is -0.493 e. The van der Waals surface area contributed by atoms with Crippen molar-refractivity contribution in [2.24, 2.45) is 0 Å². The third-order valence-electron chi connectivity index (χ3n) is 3.38. The standard InChI is InChI=1S/C18H20FNO3/c1-3-15(23-17-7-5-4-6-16(17)22-2)18(21)20-12-13-8-10-14(19)11-9-13/h4-11,15H,3,12H2,1-2H3,(H,20,21). The van der Waals surface area contributed by atoms with Gasteiger partial charge in [-0.05, 0) is 36.2 Å². The molecule has 1 amide bonds. The van der Waals surface area contributed by atoms with Crippen LogP contribution in [0.25, 0.3) is 0 Å². The van der Waals surface area contributed by atoms with E-state index in [0.29, 0.717) is 24.5 Å². The fraction of sp³-hybridized carbons (Fsp3) is 0.278. The van der Waals surface area contributed by atoms with Crippen LogP contribution in [-0.2, 0) is 11.3 Å². The van der Waals surface area contributed by atoms with Crippen LogP contribution in [0.4, 0.5) is 4.39 Å². The zero-order valence-corrected chi connectivity index (χ0v) is 13.2. The molecule has 1 unspecified atom stereocenters. The van der Waals surface area contributed by atoms with Gasteiger partial charge in [0.25, 0.3) is 5.91 Å². The Morgan fingerprint density at radius 1 is 1.13 bits per heavy atom. The second-order valence-corrected chi connectivity index (χ2v) is 5.01. The molecule has 0 bridgehead atoms. The normalized spacial score (nSPS) is 11.6. The zero-order valence-electron chi connectivity index (χ0n) is 13.2. The van der Waals surface area contributed by atoms with Crippen LogP contribution in [0.15, 0.2) is 48.5 Å². The van der Waals surface area contributed by atoms with E-state index >= 15 is 0 Å². The van der Waals surface area contributed by atoms with Crippen LogP contribution in [-0.4, -0.2) is 19.1 Å². The lowest BCUT2D eigenvalue weighted by Gasteiger charge is -2.18. The van der Waals surface area contributed by atoms with Gasteiger partial charge in [-0.3, -0.25) is 4.79 Å². The van der Waals surface area contributed by atoms with Gasteiger partial charge in [-0.25, -0.2) is 4.39 Å². The Balaban J connectivity index is 1.96. The van der Waals surface area contributed by atoms with Crippen molar-refractivity contribution in [2.75, 3.05) is 7.11 Å². The molecule has 2 aromatic rings. The molecule has 1 atom stereocenters. The quantitative estimate of drug-likeness (QED) is 0.852. The van der Waals surface area contributed by atoms with Crippen LogP contribution in [0.3, 0.4) is 0 Å². The summed E-state index contributed by atoms with van der Waals surface area (Å²) in [6.07, 6.45) is -0.0976. The Morgan fingerprint density at radius 2 is 1.78 bits per heavy atom. The van der Waals surface area contributed by atoms with Crippen LogP contribution in [0.1, 0.15) is 18.9 Å². The van der Waals surface area contributed by atoms with Gasteiger partial charge in [-0.2, -0.15) is 0 Å². The first-order valence-corrected chi connectivity index (χ1v) is 7.46. The van der Waals surface area contributed by atoms with Gasteiger partial charge in [0.15, 0.2) is 17.6 Å². The van der Waals surface area contributed by atoms with Crippen molar-refractivity contribution < 1.29 is 18.7 Å². The highest BCUT2D eigenvalue weighted by Crippen LogP contribution is 2.27. The van der Waals surface area contributed by atoms with E-state index in [1.807, 2.05) is 19.1 Å². The summed E-state index contributed by atoms with van der Waals surface area (Å²) in [4.78, 5) is 12.3. The van der Waals surface area contributed by atoms with Gasteiger partial charge in [-0.15, -0.1) is 0 Å². The third-order valence-corrected chi connectivity index (χ3v) is 3.38. The van der Waals surface area contributed by atoms with Crippen molar-refractivity contribution in [3.05, 3.63) is 59.9 Å². The summed E-state index contributed by atoms with van der Waals surface area (Å²) in [6.45, 7) is 2.20. The van der Waals surface area contributed by atoms with Crippen LogP contribution in [0.5, 0.6) is 11.5 Å². The monoisotopic (exact) mass is 317 g/mol. The van der Waals surface area contributed by atoms with Gasteiger partial charge in [0.1, 0.15) is 5.82 Å². The zero-order chi connectivity index (χ0) is 16.7. The molecule has 4 nitrogen and oxygen atoms in total. The highest BCUT2D eigenvalue weighted by atomic mass is 19.1. The number of nitrogens with one attached hydrogen (secondary N) is 1. The molecule has 0 saturated heterocycles. The van der Waals surface area contributed by atoms with Crippen molar-refractivity contribution in [1.29, 1.82) is 0 Å². The molecule has 5 heteroatoms. The van der Waals surface area contributed by atoms with Crippen LogP contribution < -0.4 is 14.8 Å². The van der Waals surface area contributed by atoms with Crippen molar-refractivity contribution in [1.82, 2.24) is 5.32 Å². The number of ether oxygens (including phenoxy) is 2. The van der Waals surface area contributed by atoms with Crippen molar-refractivity contribution in [3.8, 4) is 11.5 Å². The van der Waals surface area contributed by atoms with Crippen molar-refractivity contribution >= 4 is 5.91 Å². The molecule has 0 aromatic heterocycles. The minimum atomic E-state index is -0.619. The van der Waals surface area contributed by atoms with E-state index in [2.05, 4.69) is 5.32 Å². The second-order valence-electron chi connectivity index (χ2n) is 5.01. The summed E-state index contributed by atoms with van der Waals surface area (Å²) >= 11 is 0. The van der Waals surface area contributed by atoms with Crippen LogP contribution in [0.2, 0.25) is 0 Å². The first kappa shape index (κ1) is 16.8. The third kappa shape index (κ3) is 4.71. The lowest BCUT2D eigenvalue weighted by molar-refractivity contribution is -0.128. The molecule has 0 radical (unpaired) electrons. The van der Waals surface area contributed by atoms with E-state index < -0.39 is 6.10 Å². The molecule has 0 aliphatic carbocycles. The van der Waals surface area contributed by atoms with Crippen molar-refractivity contribution in [2.45, 2.75) is 26.0 Å². The second kappa shape index (κ2) is 8.17. The molecule has 1 N–H and O–H groups in total. The Morgan fingerprint density at radius 3 is 2.39 bits per heavy atom. The summed E-state index contributed by atoms with van der Waals surface area (Å²) in [5.74, 6) is 0.588. The number of halogens is 1. The maximum Gasteiger partial charge on any atom is 0.261 e. The topological polar surface area (TPSA) is 47.6 Å². The van der Waals surface area contributed by atoms with Gasteiger partial charge < -0.3 is 14.8 Å². The van der Waals surface area contributed by atoms with Gasteiger partial charge in [0.2, 0.25) is 0 Å².